The Bertz CT molecular complexity index is 489. The normalized spacial score (nSPS) is 12.5. The van der Waals surface area contributed by atoms with Gasteiger partial charge in [-0.1, -0.05) is 6.92 Å². The van der Waals surface area contributed by atoms with E-state index in [9.17, 15) is 4.79 Å². The molecule has 0 saturated heterocycles. The molecule has 0 aromatic carbocycles. The lowest BCUT2D eigenvalue weighted by atomic mass is 10.0. The van der Waals surface area contributed by atoms with Gasteiger partial charge >= 0.3 is 5.97 Å². The van der Waals surface area contributed by atoms with Gasteiger partial charge in [-0.3, -0.25) is 4.79 Å². The number of nitrogens with zero attached hydrogens (tertiary/aromatic N) is 2. The summed E-state index contributed by atoms with van der Waals surface area (Å²) in [7, 11) is 0. The maximum absolute atomic E-state index is 10.8. The topological polar surface area (TPSA) is 89.4 Å². The molecule has 0 amide bonds. The molecule has 0 bridgehead atoms. The number of carboxylic acids is 1. The van der Waals surface area contributed by atoms with E-state index in [1.165, 1.54) is 6.26 Å². The van der Waals surface area contributed by atoms with Gasteiger partial charge in [0.1, 0.15) is 11.7 Å². The SMILES string of the molecule is CCc1nnc(C(CC(=O)O)c2ccco2)o1. The standard InChI is InChI=1S/C11H12N2O4/c1-2-9-12-13-11(17-9)7(6-10(14)15)8-4-3-5-16-8/h3-5,7H,2,6H2,1H3,(H,14,15). The maximum atomic E-state index is 10.8. The summed E-state index contributed by atoms with van der Waals surface area (Å²) in [6.07, 6.45) is 1.96. The third-order valence-electron chi connectivity index (χ3n) is 2.35. The molecule has 0 aliphatic carbocycles. The molecule has 6 heteroatoms. The Kier molecular flexibility index (Phi) is 3.22. The van der Waals surface area contributed by atoms with E-state index in [1.807, 2.05) is 6.92 Å². The lowest BCUT2D eigenvalue weighted by Gasteiger charge is -2.06. The number of aryl methyl sites for hydroxylation is 1. The molecule has 0 spiro atoms. The summed E-state index contributed by atoms with van der Waals surface area (Å²) in [5.41, 5.74) is 0. The first-order valence-corrected chi connectivity index (χ1v) is 5.28. The van der Waals surface area contributed by atoms with Crippen LogP contribution in [0.1, 0.15) is 36.8 Å². The minimum absolute atomic E-state index is 0.140. The number of furan rings is 1. The van der Waals surface area contributed by atoms with Gasteiger partial charge in [0.15, 0.2) is 0 Å². The highest BCUT2D eigenvalue weighted by Gasteiger charge is 2.25. The monoisotopic (exact) mass is 236 g/mol. The van der Waals surface area contributed by atoms with Crippen LogP contribution < -0.4 is 0 Å². The van der Waals surface area contributed by atoms with Gasteiger partial charge in [0.2, 0.25) is 11.8 Å². The molecule has 6 nitrogen and oxygen atoms in total. The Hall–Kier alpha value is -2.11. The van der Waals surface area contributed by atoms with Crippen LogP contribution in [0.3, 0.4) is 0 Å². The van der Waals surface area contributed by atoms with Gasteiger partial charge in [-0.15, -0.1) is 10.2 Å². The van der Waals surface area contributed by atoms with E-state index >= 15 is 0 Å². The molecular formula is C11H12N2O4. The Balaban J connectivity index is 2.29. The van der Waals surface area contributed by atoms with E-state index in [1.54, 1.807) is 12.1 Å². The van der Waals surface area contributed by atoms with Gasteiger partial charge in [0, 0.05) is 6.42 Å². The number of aromatic nitrogens is 2. The van der Waals surface area contributed by atoms with E-state index in [2.05, 4.69) is 10.2 Å². The molecule has 0 fully saturated rings. The highest BCUT2D eigenvalue weighted by molar-refractivity contribution is 5.68. The van der Waals surface area contributed by atoms with E-state index in [0.29, 0.717) is 18.1 Å². The lowest BCUT2D eigenvalue weighted by molar-refractivity contribution is -0.137. The number of aliphatic carboxylic acids is 1. The molecule has 1 N–H and O–H groups in total. The van der Waals surface area contributed by atoms with E-state index < -0.39 is 11.9 Å². The summed E-state index contributed by atoms with van der Waals surface area (Å²) >= 11 is 0. The number of hydrogen-bond acceptors (Lipinski definition) is 5. The minimum Gasteiger partial charge on any atom is -0.481 e. The van der Waals surface area contributed by atoms with Crippen LogP contribution in [0.5, 0.6) is 0 Å². The van der Waals surface area contributed by atoms with Crippen molar-refractivity contribution in [2.75, 3.05) is 0 Å². The zero-order chi connectivity index (χ0) is 12.3. The Labute approximate surface area is 97.3 Å². The summed E-state index contributed by atoms with van der Waals surface area (Å²) < 4.78 is 10.6. The third-order valence-corrected chi connectivity index (χ3v) is 2.35. The molecule has 2 heterocycles. The smallest absolute Gasteiger partial charge is 0.304 e. The quantitative estimate of drug-likeness (QED) is 0.851. The zero-order valence-corrected chi connectivity index (χ0v) is 9.29. The van der Waals surface area contributed by atoms with Crippen molar-refractivity contribution in [1.82, 2.24) is 10.2 Å². The van der Waals surface area contributed by atoms with Gasteiger partial charge in [-0.05, 0) is 12.1 Å². The second-order valence-corrected chi connectivity index (χ2v) is 3.55. The Morgan fingerprint density at radius 1 is 1.53 bits per heavy atom. The van der Waals surface area contributed by atoms with Crippen LogP contribution in [0.4, 0.5) is 0 Å². The van der Waals surface area contributed by atoms with Gasteiger partial charge in [-0.25, -0.2) is 0 Å². The molecule has 0 aliphatic rings. The van der Waals surface area contributed by atoms with Crippen molar-refractivity contribution in [1.29, 1.82) is 0 Å². The lowest BCUT2D eigenvalue weighted by Crippen LogP contribution is -2.07. The van der Waals surface area contributed by atoms with Gasteiger partial charge < -0.3 is 13.9 Å². The summed E-state index contributed by atoms with van der Waals surface area (Å²) in [6.45, 7) is 1.89. The Morgan fingerprint density at radius 2 is 2.35 bits per heavy atom. The fraction of sp³-hybridized carbons (Fsp3) is 0.364. The summed E-state index contributed by atoms with van der Waals surface area (Å²) in [4.78, 5) is 10.8. The third kappa shape index (κ3) is 2.52. The van der Waals surface area contributed by atoms with E-state index in [-0.39, 0.29) is 12.3 Å². The maximum Gasteiger partial charge on any atom is 0.304 e. The summed E-state index contributed by atoms with van der Waals surface area (Å²) in [6, 6.07) is 3.39. The number of rotatable bonds is 5. The van der Waals surface area contributed by atoms with Crippen LogP contribution in [0.2, 0.25) is 0 Å². The van der Waals surface area contributed by atoms with Crippen LogP contribution in [-0.2, 0) is 11.2 Å². The fourth-order valence-corrected chi connectivity index (χ4v) is 1.52. The second-order valence-electron chi connectivity index (χ2n) is 3.55. The summed E-state index contributed by atoms with van der Waals surface area (Å²) in [5, 5.41) is 16.6. The number of hydrogen-bond donors (Lipinski definition) is 1. The van der Waals surface area contributed by atoms with E-state index in [4.69, 9.17) is 13.9 Å². The fourth-order valence-electron chi connectivity index (χ4n) is 1.52. The molecule has 2 rings (SSSR count). The molecule has 0 aliphatic heterocycles. The molecule has 1 atom stereocenters. The van der Waals surface area contributed by atoms with Crippen molar-refractivity contribution in [3.8, 4) is 0 Å². The molecule has 2 aromatic heterocycles. The van der Waals surface area contributed by atoms with Crippen LogP contribution in [0, 0.1) is 0 Å². The molecule has 2 aromatic rings. The van der Waals surface area contributed by atoms with Crippen molar-refractivity contribution in [2.24, 2.45) is 0 Å². The highest BCUT2D eigenvalue weighted by Crippen LogP contribution is 2.27. The largest absolute Gasteiger partial charge is 0.481 e. The predicted molar refractivity (Wildman–Crippen MR) is 56.5 cm³/mol. The number of carbonyl (C=O) groups is 1. The zero-order valence-electron chi connectivity index (χ0n) is 9.29. The molecule has 0 radical (unpaired) electrons. The average Bonchev–Trinajstić information content (AvgIpc) is 2.97. The van der Waals surface area contributed by atoms with Crippen molar-refractivity contribution in [3.05, 3.63) is 35.9 Å². The first-order valence-electron chi connectivity index (χ1n) is 5.28. The molecular weight excluding hydrogens is 224 g/mol. The first-order chi connectivity index (χ1) is 8.20. The Morgan fingerprint density at radius 3 is 2.88 bits per heavy atom. The number of carboxylic acid groups (broad SMARTS) is 1. The van der Waals surface area contributed by atoms with Gasteiger partial charge in [0.05, 0.1) is 12.7 Å². The van der Waals surface area contributed by atoms with Crippen LogP contribution in [0.15, 0.2) is 27.2 Å². The predicted octanol–water partition coefficient (Wildman–Crippen LogP) is 1.83. The van der Waals surface area contributed by atoms with Crippen LogP contribution in [-0.4, -0.2) is 21.3 Å². The molecule has 1 unspecified atom stereocenters. The van der Waals surface area contributed by atoms with Crippen LogP contribution in [0.25, 0.3) is 0 Å². The van der Waals surface area contributed by atoms with Crippen molar-refractivity contribution >= 4 is 5.97 Å². The van der Waals surface area contributed by atoms with E-state index in [0.717, 1.165) is 0 Å². The highest BCUT2D eigenvalue weighted by atomic mass is 16.4. The molecule has 90 valence electrons. The molecule has 0 saturated carbocycles. The summed E-state index contributed by atoms with van der Waals surface area (Å²) in [5.74, 6) is -0.196. The van der Waals surface area contributed by atoms with Gasteiger partial charge in [-0.2, -0.15) is 0 Å². The minimum atomic E-state index is -0.942. The van der Waals surface area contributed by atoms with Crippen molar-refractivity contribution in [3.63, 3.8) is 0 Å². The first kappa shape index (κ1) is 11.4. The van der Waals surface area contributed by atoms with Crippen molar-refractivity contribution in [2.45, 2.75) is 25.7 Å². The van der Waals surface area contributed by atoms with Crippen LogP contribution >= 0.6 is 0 Å². The average molecular weight is 236 g/mol. The van der Waals surface area contributed by atoms with Gasteiger partial charge in [0.25, 0.3) is 0 Å². The molecule has 17 heavy (non-hydrogen) atoms. The second kappa shape index (κ2) is 4.82. The van der Waals surface area contributed by atoms with Crippen molar-refractivity contribution < 1.29 is 18.7 Å².